The van der Waals surface area contributed by atoms with E-state index in [0.29, 0.717) is 49.9 Å². The quantitative estimate of drug-likeness (QED) is 0.724. The summed E-state index contributed by atoms with van der Waals surface area (Å²) in [4.78, 5) is 32.6. The summed E-state index contributed by atoms with van der Waals surface area (Å²) >= 11 is 0. The molecule has 3 atom stereocenters. The van der Waals surface area contributed by atoms with Crippen LogP contribution in [0.15, 0.2) is 24.4 Å². The van der Waals surface area contributed by atoms with Gasteiger partial charge in [-0.25, -0.2) is 4.98 Å². The van der Waals surface area contributed by atoms with E-state index in [1.54, 1.807) is 11.1 Å². The van der Waals surface area contributed by atoms with E-state index in [1.165, 1.54) is 44.9 Å². The number of imidazole rings is 1. The zero-order valence-corrected chi connectivity index (χ0v) is 19.7. The van der Waals surface area contributed by atoms with E-state index in [9.17, 15) is 9.59 Å². The van der Waals surface area contributed by atoms with Crippen molar-refractivity contribution in [3.63, 3.8) is 0 Å². The first-order valence-corrected chi connectivity index (χ1v) is 12.7. The van der Waals surface area contributed by atoms with Crippen LogP contribution >= 0.6 is 0 Å². The van der Waals surface area contributed by atoms with Gasteiger partial charge in [0.1, 0.15) is 17.2 Å². The van der Waals surface area contributed by atoms with E-state index in [1.807, 2.05) is 22.6 Å². The van der Waals surface area contributed by atoms with Gasteiger partial charge in [-0.05, 0) is 61.5 Å². The number of rotatable bonds is 5. The summed E-state index contributed by atoms with van der Waals surface area (Å²) in [7, 11) is 0. The summed E-state index contributed by atoms with van der Waals surface area (Å²) in [5, 5.41) is 3.14. The van der Waals surface area contributed by atoms with Crippen LogP contribution in [0.2, 0.25) is 0 Å². The second-order valence-electron chi connectivity index (χ2n) is 10.4. The highest BCUT2D eigenvalue weighted by Gasteiger charge is 2.43. The molecular formula is C26H36N4O3. The van der Waals surface area contributed by atoms with Crippen molar-refractivity contribution < 1.29 is 14.3 Å². The summed E-state index contributed by atoms with van der Waals surface area (Å²) in [6.45, 7) is 4.79. The lowest BCUT2D eigenvalue weighted by atomic mass is 9.57. The molecule has 1 aliphatic heterocycles. The number of hydrogen-bond acceptors (Lipinski definition) is 4. The maximum Gasteiger partial charge on any atom is 0.274 e. The number of carbonyl (C=O) groups excluding carboxylic acids is 2. The number of aromatic nitrogens is 2. The third-order valence-corrected chi connectivity index (χ3v) is 8.03. The van der Waals surface area contributed by atoms with E-state index < -0.39 is 0 Å². The van der Waals surface area contributed by atoms with Crippen LogP contribution in [0.3, 0.4) is 0 Å². The first kappa shape index (κ1) is 22.4. The molecule has 0 radical (unpaired) electrons. The average molecular weight is 453 g/mol. The Morgan fingerprint density at radius 3 is 3.00 bits per heavy atom. The Morgan fingerprint density at radius 2 is 2.12 bits per heavy atom. The van der Waals surface area contributed by atoms with Crippen LogP contribution in [0.4, 0.5) is 5.82 Å². The number of nitrogens with one attached hydrogen (secondary N) is 1. The molecule has 178 valence electrons. The van der Waals surface area contributed by atoms with Crippen LogP contribution in [0.25, 0.3) is 5.65 Å². The molecule has 3 heterocycles. The molecule has 2 bridgehead atoms. The zero-order chi connectivity index (χ0) is 22.8. The highest BCUT2D eigenvalue weighted by atomic mass is 16.5. The number of fused-ring (bicyclic) bond motifs is 3. The van der Waals surface area contributed by atoms with Crippen molar-refractivity contribution in [2.75, 3.05) is 31.6 Å². The molecule has 2 saturated carbocycles. The smallest absolute Gasteiger partial charge is 0.274 e. The molecule has 1 saturated heterocycles. The SMILES string of the molecule is CCC1CC2CCCC(CC(=O)Nc3cccc4nc(C(=O)N5CCCOCC5)cn34)(C1)C2. The number of nitrogens with zero attached hydrogens (tertiary/aromatic N) is 3. The minimum absolute atomic E-state index is 0.0751. The summed E-state index contributed by atoms with van der Waals surface area (Å²) < 4.78 is 7.30. The predicted octanol–water partition coefficient (Wildman–Crippen LogP) is 4.52. The molecule has 33 heavy (non-hydrogen) atoms. The molecule has 3 fully saturated rings. The third kappa shape index (κ3) is 4.79. The number of anilines is 1. The Morgan fingerprint density at radius 1 is 1.21 bits per heavy atom. The van der Waals surface area contributed by atoms with E-state index >= 15 is 0 Å². The van der Waals surface area contributed by atoms with Crippen LogP contribution < -0.4 is 5.32 Å². The molecular weight excluding hydrogens is 416 g/mol. The molecule has 1 N–H and O–H groups in total. The Bertz CT molecular complexity index is 1010. The highest BCUT2D eigenvalue weighted by Crippen LogP contribution is 2.53. The Kier molecular flexibility index (Phi) is 6.41. The fourth-order valence-corrected chi connectivity index (χ4v) is 6.53. The molecule has 7 heteroatoms. The number of ether oxygens (including phenoxy) is 1. The topological polar surface area (TPSA) is 75.9 Å². The summed E-state index contributed by atoms with van der Waals surface area (Å²) in [6, 6.07) is 5.64. The lowest BCUT2D eigenvalue weighted by Gasteiger charge is -2.48. The summed E-state index contributed by atoms with van der Waals surface area (Å²) in [5.74, 6) is 2.22. The number of pyridine rings is 1. The van der Waals surface area contributed by atoms with Gasteiger partial charge < -0.3 is 15.0 Å². The van der Waals surface area contributed by atoms with Crippen molar-refractivity contribution in [2.24, 2.45) is 17.3 Å². The molecule has 3 unspecified atom stereocenters. The first-order valence-electron chi connectivity index (χ1n) is 12.7. The largest absolute Gasteiger partial charge is 0.380 e. The van der Waals surface area contributed by atoms with Gasteiger partial charge in [-0.1, -0.05) is 32.3 Å². The van der Waals surface area contributed by atoms with Crippen molar-refractivity contribution in [3.8, 4) is 0 Å². The molecule has 2 aliphatic carbocycles. The van der Waals surface area contributed by atoms with Crippen LogP contribution in [0.5, 0.6) is 0 Å². The van der Waals surface area contributed by atoms with Crippen LogP contribution in [-0.4, -0.2) is 52.4 Å². The zero-order valence-electron chi connectivity index (χ0n) is 19.7. The number of hydrogen-bond donors (Lipinski definition) is 1. The second-order valence-corrected chi connectivity index (χ2v) is 10.4. The van der Waals surface area contributed by atoms with E-state index in [4.69, 9.17) is 4.74 Å². The predicted molar refractivity (Wildman–Crippen MR) is 127 cm³/mol. The van der Waals surface area contributed by atoms with Gasteiger partial charge in [0, 0.05) is 32.3 Å². The minimum Gasteiger partial charge on any atom is -0.380 e. The molecule has 5 rings (SSSR count). The van der Waals surface area contributed by atoms with Crippen LogP contribution in [-0.2, 0) is 9.53 Å². The van der Waals surface area contributed by atoms with Gasteiger partial charge in [-0.15, -0.1) is 0 Å². The van der Waals surface area contributed by atoms with Gasteiger partial charge in [-0.3, -0.25) is 14.0 Å². The lowest BCUT2D eigenvalue weighted by molar-refractivity contribution is -0.120. The fraction of sp³-hybridized carbons (Fsp3) is 0.654. The Hall–Kier alpha value is -2.41. The standard InChI is InChI=1S/C26H36N4O3/c1-2-19-14-20-6-4-9-26(15-19,16-20)17-24(31)28-23-8-3-7-22-27-21(18-30(22)23)25(32)29-10-5-12-33-13-11-29/h3,7-8,18-20H,2,4-6,9-17H2,1H3,(H,28,31). The third-order valence-electron chi connectivity index (χ3n) is 8.03. The molecule has 0 spiro atoms. The van der Waals surface area contributed by atoms with E-state index in [0.717, 1.165) is 18.3 Å². The summed E-state index contributed by atoms with van der Waals surface area (Å²) in [5.41, 5.74) is 1.23. The summed E-state index contributed by atoms with van der Waals surface area (Å²) in [6.07, 6.45) is 11.9. The highest BCUT2D eigenvalue weighted by molar-refractivity contribution is 5.94. The van der Waals surface area contributed by atoms with Crippen molar-refractivity contribution in [3.05, 3.63) is 30.1 Å². The lowest BCUT2D eigenvalue weighted by Crippen LogP contribution is -2.39. The monoisotopic (exact) mass is 452 g/mol. The fourth-order valence-electron chi connectivity index (χ4n) is 6.53. The van der Waals surface area contributed by atoms with Gasteiger partial charge in [0.25, 0.3) is 5.91 Å². The van der Waals surface area contributed by atoms with Crippen molar-refractivity contribution in [1.29, 1.82) is 0 Å². The van der Waals surface area contributed by atoms with E-state index in [2.05, 4.69) is 17.2 Å². The number of carbonyl (C=O) groups is 2. The molecule has 2 aromatic heterocycles. The van der Waals surface area contributed by atoms with Gasteiger partial charge in [-0.2, -0.15) is 0 Å². The minimum atomic E-state index is -0.0820. The molecule has 3 aliphatic rings. The van der Waals surface area contributed by atoms with E-state index in [-0.39, 0.29) is 17.2 Å². The molecule has 0 aromatic carbocycles. The molecule has 2 aromatic rings. The van der Waals surface area contributed by atoms with Gasteiger partial charge in [0.2, 0.25) is 5.91 Å². The number of amides is 2. The van der Waals surface area contributed by atoms with Gasteiger partial charge >= 0.3 is 0 Å². The normalized spacial score (nSPS) is 27.8. The second kappa shape index (κ2) is 9.45. The maximum atomic E-state index is 13.2. The maximum absolute atomic E-state index is 13.2. The van der Waals surface area contributed by atoms with Crippen LogP contribution in [0, 0.1) is 17.3 Å². The van der Waals surface area contributed by atoms with Crippen molar-refractivity contribution in [2.45, 2.75) is 64.7 Å². The van der Waals surface area contributed by atoms with Crippen molar-refractivity contribution >= 4 is 23.3 Å². The Labute approximate surface area is 195 Å². The molecule has 7 nitrogen and oxygen atoms in total. The van der Waals surface area contributed by atoms with Gasteiger partial charge in [0.15, 0.2) is 0 Å². The van der Waals surface area contributed by atoms with Crippen LogP contribution in [0.1, 0.15) is 75.2 Å². The Balaban J connectivity index is 1.31. The average Bonchev–Trinajstić information content (AvgIpc) is 3.06. The van der Waals surface area contributed by atoms with Crippen molar-refractivity contribution in [1.82, 2.24) is 14.3 Å². The first-order chi connectivity index (χ1) is 16.0. The molecule has 2 amide bonds. The van der Waals surface area contributed by atoms with Gasteiger partial charge in [0.05, 0.1) is 6.61 Å².